The van der Waals surface area contributed by atoms with Crippen LogP contribution < -0.4 is 5.32 Å². The first kappa shape index (κ1) is 23.8. The van der Waals surface area contributed by atoms with Crippen LogP contribution in [0.3, 0.4) is 0 Å². The zero-order valence-corrected chi connectivity index (χ0v) is 20.0. The summed E-state index contributed by atoms with van der Waals surface area (Å²) in [6.07, 6.45) is 2.07. The molecule has 2 amide bonds. The van der Waals surface area contributed by atoms with Gasteiger partial charge >= 0.3 is 12.0 Å². The lowest BCUT2D eigenvalue weighted by atomic mass is 10.1. The van der Waals surface area contributed by atoms with Crippen molar-refractivity contribution in [2.24, 2.45) is 7.05 Å². The quantitative estimate of drug-likeness (QED) is 0.542. The fourth-order valence-corrected chi connectivity index (χ4v) is 5.45. The summed E-state index contributed by atoms with van der Waals surface area (Å²) in [5.41, 5.74) is 2.36. The molecule has 1 fully saturated rings. The number of amides is 2. The normalized spacial score (nSPS) is 14.8. The Morgan fingerprint density at radius 1 is 1.00 bits per heavy atom. The fraction of sp³-hybridized carbons (Fsp3) is 0.333. The van der Waals surface area contributed by atoms with Gasteiger partial charge in [-0.05, 0) is 48.9 Å². The number of nitrogens with zero attached hydrogens (tertiary/aromatic N) is 3. The average Bonchev–Trinajstić information content (AvgIpc) is 3.20. The number of benzene rings is 2. The Bertz CT molecular complexity index is 1290. The lowest BCUT2D eigenvalue weighted by Crippen LogP contribution is -2.51. The molecular formula is C24H28N4O5S. The highest BCUT2D eigenvalue weighted by Gasteiger charge is 2.30. The molecule has 3 aromatic rings. The van der Waals surface area contributed by atoms with E-state index in [1.807, 2.05) is 29.9 Å². The molecule has 0 bridgehead atoms. The van der Waals surface area contributed by atoms with Crippen LogP contribution in [-0.4, -0.2) is 67.0 Å². The van der Waals surface area contributed by atoms with Crippen LogP contribution in [0.25, 0.3) is 10.9 Å². The first-order chi connectivity index (χ1) is 16.3. The number of urea groups is 1. The van der Waals surface area contributed by atoms with Gasteiger partial charge in [-0.15, -0.1) is 0 Å². The number of esters is 1. The summed E-state index contributed by atoms with van der Waals surface area (Å²) >= 11 is 0. The molecule has 1 saturated heterocycles. The number of rotatable bonds is 6. The van der Waals surface area contributed by atoms with Crippen molar-refractivity contribution in [3.05, 3.63) is 60.3 Å². The molecule has 1 aliphatic heterocycles. The van der Waals surface area contributed by atoms with Gasteiger partial charge in [0.1, 0.15) is 0 Å². The second kappa shape index (κ2) is 9.86. The van der Waals surface area contributed by atoms with E-state index in [0.717, 1.165) is 16.5 Å². The SMILES string of the molecule is CCOC(=O)Cc1ccc(NC(=O)N2CCN(S(=O)(=O)c3ccc4c(ccn4C)c3)CC2)cc1. The molecule has 2 heterocycles. The van der Waals surface area contributed by atoms with E-state index in [4.69, 9.17) is 4.74 Å². The lowest BCUT2D eigenvalue weighted by molar-refractivity contribution is -0.142. The van der Waals surface area contributed by atoms with Gasteiger partial charge in [0.25, 0.3) is 0 Å². The molecule has 1 aliphatic rings. The van der Waals surface area contributed by atoms with Gasteiger partial charge in [0.2, 0.25) is 10.0 Å². The van der Waals surface area contributed by atoms with Gasteiger partial charge in [-0.2, -0.15) is 4.31 Å². The molecule has 10 heteroatoms. The minimum absolute atomic E-state index is 0.176. The van der Waals surface area contributed by atoms with E-state index in [1.165, 1.54) is 4.31 Å². The third kappa shape index (κ3) is 5.07. The maximum Gasteiger partial charge on any atom is 0.321 e. The first-order valence-corrected chi connectivity index (χ1v) is 12.6. The van der Waals surface area contributed by atoms with Crippen molar-refractivity contribution >= 4 is 38.6 Å². The molecule has 0 saturated carbocycles. The van der Waals surface area contributed by atoms with Crippen molar-refractivity contribution in [3.8, 4) is 0 Å². The van der Waals surface area contributed by atoms with E-state index in [0.29, 0.717) is 25.4 Å². The topological polar surface area (TPSA) is 101 Å². The molecule has 4 rings (SSSR count). The minimum Gasteiger partial charge on any atom is -0.466 e. The number of nitrogens with one attached hydrogen (secondary N) is 1. The molecule has 34 heavy (non-hydrogen) atoms. The van der Waals surface area contributed by atoms with Gasteiger partial charge in [-0.3, -0.25) is 4.79 Å². The van der Waals surface area contributed by atoms with Gasteiger partial charge in [0.15, 0.2) is 0 Å². The van der Waals surface area contributed by atoms with Crippen LogP contribution in [0.5, 0.6) is 0 Å². The highest BCUT2D eigenvalue weighted by Crippen LogP contribution is 2.23. The summed E-state index contributed by atoms with van der Waals surface area (Å²) < 4.78 is 34.5. The van der Waals surface area contributed by atoms with Crippen LogP contribution in [0.1, 0.15) is 12.5 Å². The van der Waals surface area contributed by atoms with E-state index in [-0.39, 0.29) is 36.4 Å². The molecule has 1 aromatic heterocycles. The predicted molar refractivity (Wildman–Crippen MR) is 129 cm³/mol. The van der Waals surface area contributed by atoms with Crippen LogP contribution in [0.2, 0.25) is 0 Å². The number of carbonyl (C=O) groups is 2. The summed E-state index contributed by atoms with van der Waals surface area (Å²) in [5, 5.41) is 3.70. The van der Waals surface area contributed by atoms with Gasteiger partial charge < -0.3 is 19.5 Å². The highest BCUT2D eigenvalue weighted by molar-refractivity contribution is 7.89. The summed E-state index contributed by atoms with van der Waals surface area (Å²) in [7, 11) is -1.73. The number of fused-ring (bicyclic) bond motifs is 1. The van der Waals surface area contributed by atoms with Crippen LogP contribution in [0, 0.1) is 0 Å². The standard InChI is InChI=1S/C24H28N4O5S/c1-3-33-23(29)16-18-4-6-20(7-5-18)25-24(30)27-12-14-28(15-13-27)34(31,32)21-8-9-22-19(17-21)10-11-26(22)2/h4-11,17H,3,12-16H2,1-2H3,(H,25,30). The third-order valence-electron chi connectivity index (χ3n) is 5.88. The molecule has 9 nitrogen and oxygen atoms in total. The van der Waals surface area contributed by atoms with E-state index < -0.39 is 10.0 Å². The van der Waals surface area contributed by atoms with Crippen molar-refractivity contribution in [1.82, 2.24) is 13.8 Å². The Morgan fingerprint density at radius 3 is 2.38 bits per heavy atom. The van der Waals surface area contributed by atoms with E-state index in [1.54, 1.807) is 48.2 Å². The maximum atomic E-state index is 13.1. The Morgan fingerprint density at radius 2 is 1.71 bits per heavy atom. The zero-order valence-electron chi connectivity index (χ0n) is 19.2. The Hall–Kier alpha value is -3.37. The number of aromatic nitrogens is 1. The second-order valence-corrected chi connectivity index (χ2v) is 10.1. The molecule has 1 N–H and O–H groups in total. The van der Waals surface area contributed by atoms with E-state index in [2.05, 4.69) is 5.32 Å². The minimum atomic E-state index is -3.64. The van der Waals surface area contributed by atoms with Gasteiger partial charge in [-0.25, -0.2) is 13.2 Å². The number of anilines is 1. The van der Waals surface area contributed by atoms with Gasteiger partial charge in [-0.1, -0.05) is 12.1 Å². The third-order valence-corrected chi connectivity index (χ3v) is 7.77. The Labute approximate surface area is 198 Å². The summed E-state index contributed by atoms with van der Waals surface area (Å²) in [4.78, 5) is 26.1. The van der Waals surface area contributed by atoms with Crippen molar-refractivity contribution in [3.63, 3.8) is 0 Å². The number of aryl methyl sites for hydroxylation is 1. The van der Waals surface area contributed by atoms with Crippen LogP contribution in [-0.2, 0) is 33.0 Å². The Balaban J connectivity index is 1.33. The van der Waals surface area contributed by atoms with Crippen LogP contribution in [0.4, 0.5) is 10.5 Å². The smallest absolute Gasteiger partial charge is 0.321 e. The number of piperazine rings is 1. The molecule has 0 unspecified atom stereocenters. The van der Waals surface area contributed by atoms with Crippen LogP contribution in [0.15, 0.2) is 59.6 Å². The molecule has 180 valence electrons. The number of hydrogen-bond acceptors (Lipinski definition) is 5. The lowest BCUT2D eigenvalue weighted by Gasteiger charge is -2.34. The second-order valence-electron chi connectivity index (χ2n) is 8.15. The van der Waals surface area contributed by atoms with E-state index in [9.17, 15) is 18.0 Å². The Kier molecular flexibility index (Phi) is 6.90. The van der Waals surface area contributed by atoms with Crippen molar-refractivity contribution < 1.29 is 22.7 Å². The van der Waals surface area contributed by atoms with Crippen molar-refractivity contribution in [2.45, 2.75) is 18.2 Å². The molecule has 0 radical (unpaired) electrons. The van der Waals surface area contributed by atoms with Crippen molar-refractivity contribution in [1.29, 1.82) is 0 Å². The van der Waals surface area contributed by atoms with Crippen molar-refractivity contribution in [2.75, 3.05) is 38.1 Å². The molecule has 0 atom stereocenters. The largest absolute Gasteiger partial charge is 0.466 e. The summed E-state index contributed by atoms with van der Waals surface area (Å²) in [5.74, 6) is -0.296. The van der Waals surface area contributed by atoms with Gasteiger partial charge in [0.05, 0.1) is 17.9 Å². The number of carbonyl (C=O) groups excluding carboxylic acids is 2. The highest BCUT2D eigenvalue weighted by atomic mass is 32.2. The molecular weight excluding hydrogens is 456 g/mol. The van der Waals surface area contributed by atoms with Crippen LogP contribution >= 0.6 is 0 Å². The van der Waals surface area contributed by atoms with E-state index >= 15 is 0 Å². The predicted octanol–water partition coefficient (Wildman–Crippen LogP) is 2.82. The summed E-state index contributed by atoms with van der Waals surface area (Å²) in [6, 6.07) is 13.7. The first-order valence-electron chi connectivity index (χ1n) is 11.1. The van der Waals surface area contributed by atoms with Gasteiger partial charge in [0, 0.05) is 56.0 Å². The summed E-state index contributed by atoms with van der Waals surface area (Å²) in [6.45, 7) is 3.13. The molecule has 0 aliphatic carbocycles. The average molecular weight is 485 g/mol. The molecule has 0 spiro atoms. The molecule has 2 aromatic carbocycles. The monoisotopic (exact) mass is 484 g/mol. The number of sulfonamides is 1. The maximum absolute atomic E-state index is 13.1. The number of ether oxygens (including phenoxy) is 1. The number of hydrogen-bond donors (Lipinski definition) is 1. The fourth-order valence-electron chi connectivity index (χ4n) is 3.99. The zero-order chi connectivity index (χ0) is 24.3.